The van der Waals surface area contributed by atoms with E-state index in [1.165, 1.54) is 11.8 Å². The SMILES string of the molecule is CCONC(=O)C(CCSC)NS(=O)(=O)c1cc(C(F)(F)F)ccc1Cl. The van der Waals surface area contributed by atoms with Crippen LogP contribution in [-0.2, 0) is 25.8 Å². The van der Waals surface area contributed by atoms with E-state index >= 15 is 0 Å². The summed E-state index contributed by atoms with van der Waals surface area (Å²) in [5.41, 5.74) is 0.912. The molecule has 1 aromatic rings. The molecule has 0 fully saturated rings. The molecule has 0 saturated heterocycles. The molecule has 148 valence electrons. The van der Waals surface area contributed by atoms with Gasteiger partial charge in [0.15, 0.2) is 0 Å². The summed E-state index contributed by atoms with van der Waals surface area (Å²) in [4.78, 5) is 16.0. The molecule has 0 saturated carbocycles. The van der Waals surface area contributed by atoms with Gasteiger partial charge in [-0.1, -0.05) is 11.6 Å². The molecule has 0 heterocycles. The van der Waals surface area contributed by atoms with Crippen molar-refractivity contribution in [1.29, 1.82) is 0 Å². The molecule has 0 aromatic heterocycles. The van der Waals surface area contributed by atoms with Gasteiger partial charge in [-0.25, -0.2) is 13.9 Å². The Morgan fingerprint density at radius 1 is 1.38 bits per heavy atom. The first-order valence-electron chi connectivity index (χ1n) is 7.32. The smallest absolute Gasteiger partial charge is 0.274 e. The van der Waals surface area contributed by atoms with Gasteiger partial charge < -0.3 is 0 Å². The van der Waals surface area contributed by atoms with E-state index in [4.69, 9.17) is 16.4 Å². The van der Waals surface area contributed by atoms with Crippen LogP contribution in [0.3, 0.4) is 0 Å². The lowest BCUT2D eigenvalue weighted by atomic mass is 10.2. The van der Waals surface area contributed by atoms with E-state index in [0.717, 1.165) is 6.07 Å². The van der Waals surface area contributed by atoms with Crippen LogP contribution in [-0.4, -0.2) is 39.0 Å². The van der Waals surface area contributed by atoms with Crippen molar-refractivity contribution in [3.8, 4) is 0 Å². The monoisotopic (exact) mass is 434 g/mol. The molecule has 1 amide bonds. The van der Waals surface area contributed by atoms with Crippen LogP contribution in [0.5, 0.6) is 0 Å². The molecule has 1 rings (SSSR count). The average molecular weight is 435 g/mol. The van der Waals surface area contributed by atoms with E-state index in [1.54, 1.807) is 13.2 Å². The Hall–Kier alpha value is -1.01. The molecule has 1 atom stereocenters. The summed E-state index contributed by atoms with van der Waals surface area (Å²) in [5, 5.41) is -0.390. The Morgan fingerprint density at radius 2 is 2.04 bits per heavy atom. The topological polar surface area (TPSA) is 84.5 Å². The van der Waals surface area contributed by atoms with Gasteiger partial charge in [-0.15, -0.1) is 0 Å². The second-order valence-electron chi connectivity index (χ2n) is 5.00. The molecule has 6 nitrogen and oxygen atoms in total. The zero-order valence-electron chi connectivity index (χ0n) is 13.9. The number of carbonyl (C=O) groups is 1. The highest BCUT2D eigenvalue weighted by Crippen LogP contribution is 2.33. The molecule has 0 spiro atoms. The third-order valence-corrected chi connectivity index (χ3v) is 5.69. The number of alkyl halides is 3. The highest BCUT2D eigenvalue weighted by molar-refractivity contribution is 7.98. The summed E-state index contributed by atoms with van der Waals surface area (Å²) in [6.07, 6.45) is -2.87. The van der Waals surface area contributed by atoms with Gasteiger partial charge in [0.05, 0.1) is 17.2 Å². The number of carbonyl (C=O) groups excluding carboxylic acids is 1. The number of amides is 1. The van der Waals surface area contributed by atoms with Crippen molar-refractivity contribution in [2.75, 3.05) is 18.6 Å². The van der Waals surface area contributed by atoms with Crippen LogP contribution in [0.1, 0.15) is 18.9 Å². The Balaban J connectivity index is 3.15. The highest BCUT2D eigenvalue weighted by atomic mass is 35.5. The quantitative estimate of drug-likeness (QED) is 0.584. The molecule has 26 heavy (non-hydrogen) atoms. The van der Waals surface area contributed by atoms with Crippen molar-refractivity contribution in [3.63, 3.8) is 0 Å². The number of hydrogen-bond donors (Lipinski definition) is 2. The van der Waals surface area contributed by atoms with E-state index in [1.807, 2.05) is 0 Å². The molecule has 0 bridgehead atoms. The van der Waals surface area contributed by atoms with Gasteiger partial charge in [0.1, 0.15) is 10.9 Å². The maximum atomic E-state index is 12.8. The van der Waals surface area contributed by atoms with E-state index < -0.39 is 38.6 Å². The van der Waals surface area contributed by atoms with Gasteiger partial charge in [-0.2, -0.15) is 29.7 Å². The molecule has 2 N–H and O–H groups in total. The number of benzene rings is 1. The third kappa shape index (κ3) is 6.62. The van der Waals surface area contributed by atoms with Gasteiger partial charge in [-0.3, -0.25) is 9.63 Å². The number of hydroxylamine groups is 1. The maximum Gasteiger partial charge on any atom is 0.416 e. The number of hydrogen-bond acceptors (Lipinski definition) is 5. The van der Waals surface area contributed by atoms with E-state index in [-0.39, 0.29) is 18.1 Å². The first-order chi connectivity index (χ1) is 12.0. The van der Waals surface area contributed by atoms with Crippen LogP contribution in [0.15, 0.2) is 23.1 Å². The second-order valence-corrected chi connectivity index (χ2v) is 8.07. The fraction of sp³-hybridized carbons (Fsp3) is 0.500. The summed E-state index contributed by atoms with van der Waals surface area (Å²) in [7, 11) is -4.48. The molecule has 0 aliphatic rings. The molecule has 1 aromatic carbocycles. The zero-order valence-corrected chi connectivity index (χ0v) is 16.3. The highest BCUT2D eigenvalue weighted by Gasteiger charge is 2.34. The van der Waals surface area contributed by atoms with Crippen molar-refractivity contribution < 1.29 is 31.2 Å². The minimum absolute atomic E-state index is 0.107. The van der Waals surface area contributed by atoms with E-state index in [9.17, 15) is 26.4 Å². The van der Waals surface area contributed by atoms with Crippen molar-refractivity contribution in [1.82, 2.24) is 10.2 Å². The minimum atomic E-state index is -4.74. The van der Waals surface area contributed by atoms with Crippen LogP contribution < -0.4 is 10.2 Å². The van der Waals surface area contributed by atoms with Gasteiger partial charge in [-0.05, 0) is 43.6 Å². The Labute approximate surface area is 158 Å². The van der Waals surface area contributed by atoms with Gasteiger partial charge in [0, 0.05) is 0 Å². The van der Waals surface area contributed by atoms with E-state index in [2.05, 4.69) is 10.2 Å². The van der Waals surface area contributed by atoms with Gasteiger partial charge in [0.25, 0.3) is 5.91 Å². The molecule has 0 radical (unpaired) electrons. The number of nitrogens with one attached hydrogen (secondary N) is 2. The Morgan fingerprint density at radius 3 is 2.58 bits per heavy atom. The summed E-state index contributed by atoms with van der Waals surface area (Å²) < 4.78 is 65.6. The molecule has 1 unspecified atom stereocenters. The van der Waals surface area contributed by atoms with Crippen molar-refractivity contribution in [2.45, 2.75) is 30.5 Å². The molecular weight excluding hydrogens is 417 g/mol. The summed E-state index contributed by atoms with van der Waals surface area (Å²) in [5.74, 6) is -0.323. The van der Waals surface area contributed by atoms with Crippen molar-refractivity contribution in [2.24, 2.45) is 0 Å². The zero-order chi connectivity index (χ0) is 20.0. The Kier molecular flexibility index (Phi) is 8.67. The second kappa shape index (κ2) is 9.79. The fourth-order valence-electron chi connectivity index (χ4n) is 1.83. The number of halogens is 4. The van der Waals surface area contributed by atoms with Crippen LogP contribution >= 0.6 is 23.4 Å². The first kappa shape index (κ1) is 23.0. The summed E-state index contributed by atoms with van der Waals surface area (Å²) in [6, 6.07) is 0.714. The lowest BCUT2D eigenvalue weighted by Gasteiger charge is -2.19. The predicted molar refractivity (Wildman–Crippen MR) is 93.3 cm³/mol. The average Bonchev–Trinajstić information content (AvgIpc) is 2.55. The summed E-state index contributed by atoms with van der Waals surface area (Å²) in [6.45, 7) is 1.77. The molecule has 0 aliphatic carbocycles. The number of rotatable bonds is 9. The molecule has 12 heteroatoms. The van der Waals surface area contributed by atoms with Crippen LogP contribution in [0.25, 0.3) is 0 Å². The number of sulfonamides is 1. The standard InChI is InChI=1S/C14H18ClF3N2O4S2/c1-3-24-19-13(21)11(6-7-25-2)20-26(22,23)12-8-9(14(16,17)18)4-5-10(12)15/h4-5,8,11,20H,3,6-7H2,1-2H3,(H,19,21). The van der Waals surface area contributed by atoms with Crippen molar-refractivity contribution in [3.05, 3.63) is 28.8 Å². The molecule has 0 aliphatic heterocycles. The lowest BCUT2D eigenvalue weighted by molar-refractivity contribution is -0.138. The third-order valence-electron chi connectivity index (χ3n) is 3.09. The van der Waals surface area contributed by atoms with Gasteiger partial charge in [0.2, 0.25) is 10.0 Å². The van der Waals surface area contributed by atoms with Crippen LogP contribution in [0, 0.1) is 0 Å². The van der Waals surface area contributed by atoms with Crippen molar-refractivity contribution >= 4 is 39.3 Å². The first-order valence-corrected chi connectivity index (χ1v) is 10.6. The molecular formula is C14H18ClF3N2O4S2. The van der Waals surface area contributed by atoms with Gasteiger partial charge >= 0.3 is 6.18 Å². The van der Waals surface area contributed by atoms with Crippen LogP contribution in [0.4, 0.5) is 13.2 Å². The lowest BCUT2D eigenvalue weighted by Crippen LogP contribution is -2.47. The maximum absolute atomic E-state index is 12.8. The minimum Gasteiger partial charge on any atom is -0.274 e. The largest absolute Gasteiger partial charge is 0.416 e. The van der Waals surface area contributed by atoms with Crippen LogP contribution in [0.2, 0.25) is 5.02 Å². The fourth-order valence-corrected chi connectivity index (χ4v) is 4.06. The summed E-state index contributed by atoms with van der Waals surface area (Å²) >= 11 is 7.14. The van der Waals surface area contributed by atoms with E-state index in [0.29, 0.717) is 17.9 Å². The predicted octanol–water partition coefficient (Wildman–Crippen LogP) is 2.83. The Bertz CT molecular complexity index is 729. The normalized spacial score (nSPS) is 13.5. The number of thioether (sulfide) groups is 1.